The van der Waals surface area contributed by atoms with Gasteiger partial charge in [-0.25, -0.2) is 0 Å². The van der Waals surface area contributed by atoms with Gasteiger partial charge in [0.25, 0.3) is 0 Å². The number of unbranched alkanes of at least 4 members (excludes halogenated alkanes) is 3. The molecular weight excluding hydrogens is 226 g/mol. The van der Waals surface area contributed by atoms with E-state index < -0.39 is 0 Å². The monoisotopic (exact) mass is 249 g/mol. The second-order valence-corrected chi connectivity index (χ2v) is 3.71. The van der Waals surface area contributed by atoms with Crippen LogP contribution < -0.4 is 21.9 Å². The van der Waals surface area contributed by atoms with Gasteiger partial charge in [0, 0.05) is 6.42 Å². The minimum absolute atomic E-state index is 0. The zero-order valence-corrected chi connectivity index (χ0v) is 10.9. The van der Waals surface area contributed by atoms with Gasteiger partial charge in [-0.3, -0.25) is 0 Å². The molecule has 0 spiro atoms. The van der Waals surface area contributed by atoms with E-state index in [4.69, 9.17) is 0 Å². The highest BCUT2D eigenvalue weighted by Gasteiger charge is 1.87. The molecule has 0 rings (SSSR count). The second kappa shape index (κ2) is 12.2. The van der Waals surface area contributed by atoms with Crippen molar-refractivity contribution in [3.8, 4) is 0 Å². The summed E-state index contributed by atoms with van der Waals surface area (Å²) in [6, 6.07) is 0. The molecule has 0 heterocycles. The number of hydrogen-bond donors (Lipinski definition) is 1. The van der Waals surface area contributed by atoms with Crippen LogP contribution in [0, 0.1) is 0 Å². The summed E-state index contributed by atoms with van der Waals surface area (Å²) in [6.07, 6.45) is 11.2. The molecule has 0 aliphatic rings. The molecule has 0 amide bonds. The number of quaternary nitrogens is 1. The van der Waals surface area contributed by atoms with Crippen LogP contribution in [0.25, 0.3) is 0 Å². The SMILES string of the molecule is CCCCC/C=C/CC[NH+](C)C.[Br-]. The summed E-state index contributed by atoms with van der Waals surface area (Å²) in [4.78, 5) is 1.54. The molecule has 1 nitrogen and oxygen atoms in total. The van der Waals surface area contributed by atoms with Crippen molar-refractivity contribution in [2.45, 2.75) is 39.0 Å². The van der Waals surface area contributed by atoms with Gasteiger partial charge in [-0.1, -0.05) is 31.9 Å². The normalized spacial score (nSPS) is 10.8. The first-order valence-corrected chi connectivity index (χ1v) is 5.21. The smallest absolute Gasteiger partial charge is 0.0801 e. The van der Waals surface area contributed by atoms with Crippen molar-refractivity contribution in [3.05, 3.63) is 12.2 Å². The fourth-order valence-corrected chi connectivity index (χ4v) is 1.12. The first-order chi connectivity index (χ1) is 5.77. The summed E-state index contributed by atoms with van der Waals surface area (Å²) in [7, 11) is 4.40. The fourth-order valence-electron chi connectivity index (χ4n) is 1.12. The van der Waals surface area contributed by atoms with Crippen molar-refractivity contribution in [1.82, 2.24) is 0 Å². The van der Waals surface area contributed by atoms with Crippen molar-refractivity contribution in [2.75, 3.05) is 20.6 Å². The summed E-state index contributed by atoms with van der Waals surface area (Å²) in [5.41, 5.74) is 0. The Morgan fingerprint density at radius 1 is 1.00 bits per heavy atom. The Morgan fingerprint density at radius 3 is 2.15 bits per heavy atom. The molecule has 0 aromatic heterocycles. The third kappa shape index (κ3) is 15.0. The van der Waals surface area contributed by atoms with Crippen molar-refractivity contribution in [1.29, 1.82) is 0 Å². The van der Waals surface area contributed by atoms with Gasteiger partial charge in [0.2, 0.25) is 0 Å². The first kappa shape index (κ1) is 15.6. The minimum atomic E-state index is 0. The highest BCUT2D eigenvalue weighted by atomic mass is 79.9. The zero-order chi connectivity index (χ0) is 9.23. The van der Waals surface area contributed by atoms with E-state index in [1.165, 1.54) is 43.5 Å². The van der Waals surface area contributed by atoms with Gasteiger partial charge in [0.1, 0.15) is 0 Å². The molecule has 0 aliphatic carbocycles. The average molecular weight is 250 g/mol. The van der Waals surface area contributed by atoms with E-state index >= 15 is 0 Å². The molecule has 0 fully saturated rings. The molecule has 0 radical (unpaired) electrons. The van der Waals surface area contributed by atoms with Crippen LogP contribution in [0.15, 0.2) is 12.2 Å². The van der Waals surface area contributed by atoms with E-state index in [2.05, 4.69) is 33.2 Å². The minimum Gasteiger partial charge on any atom is -1.00 e. The summed E-state index contributed by atoms with van der Waals surface area (Å²) in [6.45, 7) is 3.50. The maximum Gasteiger partial charge on any atom is 0.0801 e. The lowest BCUT2D eigenvalue weighted by Gasteiger charge is -2.02. The average Bonchev–Trinajstić information content (AvgIpc) is 2.02. The van der Waals surface area contributed by atoms with E-state index in [9.17, 15) is 0 Å². The summed E-state index contributed by atoms with van der Waals surface area (Å²) in [5, 5.41) is 0. The predicted octanol–water partition coefficient (Wildman–Crippen LogP) is -1.34. The van der Waals surface area contributed by atoms with E-state index in [0.29, 0.717) is 0 Å². The Balaban J connectivity index is 0. The number of rotatable bonds is 7. The third-order valence-electron chi connectivity index (χ3n) is 1.95. The van der Waals surface area contributed by atoms with E-state index in [-0.39, 0.29) is 17.0 Å². The predicted molar refractivity (Wildman–Crippen MR) is 55.6 cm³/mol. The van der Waals surface area contributed by atoms with Gasteiger partial charge in [0.05, 0.1) is 20.6 Å². The van der Waals surface area contributed by atoms with E-state index in [1.807, 2.05) is 0 Å². The molecule has 1 N–H and O–H groups in total. The number of nitrogens with one attached hydrogen (secondary N) is 1. The van der Waals surface area contributed by atoms with Crippen LogP contribution in [-0.2, 0) is 0 Å². The van der Waals surface area contributed by atoms with Gasteiger partial charge in [-0.15, -0.1) is 0 Å². The number of hydrogen-bond acceptors (Lipinski definition) is 0. The van der Waals surface area contributed by atoms with Crippen molar-refractivity contribution in [2.24, 2.45) is 0 Å². The summed E-state index contributed by atoms with van der Waals surface area (Å²) < 4.78 is 0. The van der Waals surface area contributed by atoms with Crippen LogP contribution in [0.4, 0.5) is 0 Å². The quantitative estimate of drug-likeness (QED) is 0.421. The molecule has 0 atom stereocenters. The van der Waals surface area contributed by atoms with Gasteiger partial charge in [0.15, 0.2) is 0 Å². The summed E-state index contributed by atoms with van der Waals surface area (Å²) >= 11 is 0. The zero-order valence-electron chi connectivity index (χ0n) is 9.28. The molecule has 0 saturated carbocycles. The van der Waals surface area contributed by atoms with Gasteiger partial charge in [-0.05, 0) is 12.8 Å². The maximum atomic E-state index is 2.33. The standard InChI is InChI=1S/C11H23N.BrH/c1-4-5-6-7-8-9-10-11-12(2)3;/h8-9H,4-7,10-11H2,1-3H3;1H/b9-8+;. The molecule has 0 aromatic carbocycles. The Kier molecular flexibility index (Phi) is 14.7. The van der Waals surface area contributed by atoms with Gasteiger partial charge < -0.3 is 21.9 Å². The Hall–Kier alpha value is 0.180. The highest BCUT2D eigenvalue weighted by Crippen LogP contribution is 1.99. The molecule has 13 heavy (non-hydrogen) atoms. The fraction of sp³-hybridized carbons (Fsp3) is 0.818. The van der Waals surface area contributed by atoms with Crippen LogP contribution >= 0.6 is 0 Å². The maximum absolute atomic E-state index is 2.33. The Bertz CT molecular complexity index is 111. The van der Waals surface area contributed by atoms with Crippen molar-refractivity contribution >= 4 is 0 Å². The Morgan fingerprint density at radius 2 is 1.62 bits per heavy atom. The molecule has 0 unspecified atom stereocenters. The molecule has 0 aliphatic heterocycles. The van der Waals surface area contributed by atoms with Crippen LogP contribution in [0.3, 0.4) is 0 Å². The molecule has 0 saturated heterocycles. The lowest BCUT2D eigenvalue weighted by Crippen LogP contribution is -3.05. The van der Waals surface area contributed by atoms with Crippen LogP contribution in [0.2, 0.25) is 0 Å². The Labute approximate surface area is 94.0 Å². The first-order valence-electron chi connectivity index (χ1n) is 5.21. The van der Waals surface area contributed by atoms with Gasteiger partial charge >= 0.3 is 0 Å². The molecule has 0 aromatic rings. The molecule has 80 valence electrons. The lowest BCUT2D eigenvalue weighted by atomic mass is 10.2. The topological polar surface area (TPSA) is 4.44 Å². The largest absolute Gasteiger partial charge is 1.00 e. The van der Waals surface area contributed by atoms with Crippen LogP contribution in [0.1, 0.15) is 39.0 Å². The molecular formula is C11H24BrN. The molecule has 0 bridgehead atoms. The second-order valence-electron chi connectivity index (χ2n) is 3.71. The van der Waals surface area contributed by atoms with E-state index in [1.54, 1.807) is 0 Å². The molecule has 2 heteroatoms. The third-order valence-corrected chi connectivity index (χ3v) is 1.95. The van der Waals surface area contributed by atoms with Crippen molar-refractivity contribution < 1.29 is 21.9 Å². The van der Waals surface area contributed by atoms with Crippen molar-refractivity contribution in [3.63, 3.8) is 0 Å². The van der Waals surface area contributed by atoms with Gasteiger partial charge in [-0.2, -0.15) is 0 Å². The van der Waals surface area contributed by atoms with E-state index in [0.717, 1.165) is 0 Å². The highest BCUT2D eigenvalue weighted by molar-refractivity contribution is 4.80. The van der Waals surface area contributed by atoms with Crippen LogP contribution in [0.5, 0.6) is 0 Å². The number of halogens is 1. The lowest BCUT2D eigenvalue weighted by molar-refractivity contribution is -0.857. The summed E-state index contributed by atoms with van der Waals surface area (Å²) in [5.74, 6) is 0. The van der Waals surface area contributed by atoms with Crippen LogP contribution in [-0.4, -0.2) is 20.6 Å². The number of allylic oxidation sites excluding steroid dienone is 1.